The third-order valence-electron chi connectivity index (χ3n) is 6.93. The van der Waals surface area contributed by atoms with Crippen molar-refractivity contribution in [1.82, 2.24) is 0 Å². The van der Waals surface area contributed by atoms with Crippen molar-refractivity contribution >= 4 is 11.9 Å². The molecule has 0 heterocycles. The highest BCUT2D eigenvalue weighted by molar-refractivity contribution is 5.77. The van der Waals surface area contributed by atoms with Crippen molar-refractivity contribution in [2.75, 3.05) is 0 Å². The molecule has 0 amide bonds. The summed E-state index contributed by atoms with van der Waals surface area (Å²) in [6.07, 6.45) is 10.4. The lowest BCUT2D eigenvalue weighted by Crippen LogP contribution is -2.23. The molecule has 4 heteroatoms. The Morgan fingerprint density at radius 1 is 0.966 bits per heavy atom. The van der Waals surface area contributed by atoms with E-state index in [1.807, 2.05) is 0 Å². The standard InChI is InChI=1S/C25H38O4/c1-18-12-13-20(10-7-9-14-24(3,4)22(26)27)21(19(18)2)11-6-5-8-15-25(16-17-25)23(28)29/h12-13H,5-11,14-17H2,1-4H3,(H,26,27)(H,28,29). The fourth-order valence-corrected chi connectivity index (χ4v) is 4.17. The Hall–Kier alpha value is -1.84. The number of carboxylic acid groups (broad SMARTS) is 2. The molecule has 1 aromatic carbocycles. The van der Waals surface area contributed by atoms with Crippen LogP contribution >= 0.6 is 0 Å². The van der Waals surface area contributed by atoms with Gasteiger partial charge in [-0.1, -0.05) is 31.4 Å². The Balaban J connectivity index is 1.84. The molecule has 2 rings (SSSR count). The fourth-order valence-electron chi connectivity index (χ4n) is 4.17. The summed E-state index contributed by atoms with van der Waals surface area (Å²) in [6, 6.07) is 4.43. The summed E-state index contributed by atoms with van der Waals surface area (Å²) < 4.78 is 0. The molecule has 0 unspecified atom stereocenters. The van der Waals surface area contributed by atoms with Crippen LogP contribution in [0.1, 0.15) is 93.9 Å². The van der Waals surface area contributed by atoms with Crippen LogP contribution in [0.3, 0.4) is 0 Å². The van der Waals surface area contributed by atoms with Gasteiger partial charge in [0.25, 0.3) is 0 Å². The van der Waals surface area contributed by atoms with E-state index >= 15 is 0 Å². The Morgan fingerprint density at radius 2 is 1.62 bits per heavy atom. The number of carbonyl (C=O) groups is 2. The molecule has 1 aromatic rings. The minimum absolute atomic E-state index is 0.395. The van der Waals surface area contributed by atoms with Crippen LogP contribution in [0, 0.1) is 24.7 Å². The normalized spacial score (nSPS) is 15.3. The lowest BCUT2D eigenvalue weighted by atomic mass is 9.86. The van der Waals surface area contributed by atoms with Gasteiger partial charge in [-0.15, -0.1) is 0 Å². The summed E-state index contributed by atoms with van der Waals surface area (Å²) in [5, 5.41) is 18.6. The molecule has 1 saturated carbocycles. The van der Waals surface area contributed by atoms with Gasteiger partial charge in [-0.25, -0.2) is 0 Å². The van der Waals surface area contributed by atoms with E-state index in [1.54, 1.807) is 13.8 Å². The minimum atomic E-state index is -0.722. The van der Waals surface area contributed by atoms with Gasteiger partial charge in [0.2, 0.25) is 0 Å². The molecule has 1 fully saturated rings. The first kappa shape index (κ1) is 23.4. The molecule has 0 spiro atoms. The zero-order valence-electron chi connectivity index (χ0n) is 18.6. The van der Waals surface area contributed by atoms with Gasteiger partial charge in [0, 0.05) is 0 Å². The summed E-state index contributed by atoms with van der Waals surface area (Å²) >= 11 is 0. The topological polar surface area (TPSA) is 74.6 Å². The van der Waals surface area contributed by atoms with Crippen LogP contribution in [-0.2, 0) is 22.4 Å². The average molecular weight is 403 g/mol. The highest BCUT2D eigenvalue weighted by Crippen LogP contribution is 2.50. The molecule has 0 atom stereocenters. The van der Waals surface area contributed by atoms with Crippen LogP contribution in [0.4, 0.5) is 0 Å². The lowest BCUT2D eigenvalue weighted by Gasteiger charge is -2.19. The number of unbranched alkanes of at least 4 members (excludes halogenated alkanes) is 3. The zero-order valence-corrected chi connectivity index (χ0v) is 18.6. The second kappa shape index (κ2) is 9.77. The van der Waals surface area contributed by atoms with E-state index in [2.05, 4.69) is 26.0 Å². The van der Waals surface area contributed by atoms with Crippen molar-refractivity contribution in [2.45, 2.75) is 98.3 Å². The number of carboxylic acids is 2. The van der Waals surface area contributed by atoms with Gasteiger partial charge in [0.05, 0.1) is 10.8 Å². The van der Waals surface area contributed by atoms with Crippen molar-refractivity contribution in [3.8, 4) is 0 Å². The SMILES string of the molecule is Cc1ccc(CCCCC(C)(C)C(=O)O)c(CCCCCC2(C(=O)O)CC2)c1C. The molecule has 0 radical (unpaired) electrons. The number of hydrogen-bond acceptors (Lipinski definition) is 2. The van der Waals surface area contributed by atoms with Crippen LogP contribution in [-0.4, -0.2) is 22.2 Å². The molecule has 0 bridgehead atoms. The summed E-state index contributed by atoms with van der Waals surface area (Å²) in [6.45, 7) is 7.95. The number of rotatable bonds is 13. The van der Waals surface area contributed by atoms with Gasteiger partial charge in [-0.05, 0) is 101 Å². The Labute approximate surface area is 175 Å². The van der Waals surface area contributed by atoms with Gasteiger partial charge in [0.15, 0.2) is 0 Å². The number of aryl methyl sites for hydroxylation is 2. The number of benzene rings is 1. The maximum atomic E-state index is 11.3. The fraction of sp³-hybridized carbons (Fsp3) is 0.680. The second-order valence-electron chi connectivity index (χ2n) is 9.69. The monoisotopic (exact) mass is 402 g/mol. The summed E-state index contributed by atoms with van der Waals surface area (Å²) in [7, 11) is 0. The molecule has 0 aromatic heterocycles. The maximum absolute atomic E-state index is 11.3. The smallest absolute Gasteiger partial charge is 0.309 e. The van der Waals surface area contributed by atoms with Crippen molar-refractivity contribution < 1.29 is 19.8 Å². The van der Waals surface area contributed by atoms with E-state index in [-0.39, 0.29) is 0 Å². The van der Waals surface area contributed by atoms with E-state index in [1.165, 1.54) is 22.3 Å². The molecular formula is C25H38O4. The van der Waals surface area contributed by atoms with Gasteiger partial charge >= 0.3 is 11.9 Å². The minimum Gasteiger partial charge on any atom is -0.481 e. The second-order valence-corrected chi connectivity index (χ2v) is 9.69. The summed E-state index contributed by atoms with van der Waals surface area (Å²) in [5.41, 5.74) is 4.48. The molecule has 162 valence electrons. The van der Waals surface area contributed by atoms with Gasteiger partial charge in [-0.3, -0.25) is 9.59 Å². The first-order valence-electron chi connectivity index (χ1n) is 11.1. The van der Waals surface area contributed by atoms with Crippen LogP contribution in [0.25, 0.3) is 0 Å². The highest BCUT2D eigenvalue weighted by Gasteiger charge is 2.49. The summed E-state index contributed by atoms with van der Waals surface area (Å²) in [5.74, 6) is -1.33. The van der Waals surface area contributed by atoms with E-state index < -0.39 is 22.8 Å². The predicted octanol–water partition coefficient (Wildman–Crippen LogP) is 6.09. The van der Waals surface area contributed by atoms with E-state index in [0.717, 1.165) is 64.2 Å². The Bertz CT molecular complexity index is 729. The van der Waals surface area contributed by atoms with Crippen LogP contribution in [0.5, 0.6) is 0 Å². The van der Waals surface area contributed by atoms with Crippen molar-refractivity contribution in [2.24, 2.45) is 10.8 Å². The first-order chi connectivity index (χ1) is 13.6. The molecule has 1 aliphatic rings. The predicted molar refractivity (Wildman–Crippen MR) is 116 cm³/mol. The number of aliphatic carboxylic acids is 2. The molecule has 2 N–H and O–H groups in total. The first-order valence-corrected chi connectivity index (χ1v) is 11.1. The third kappa shape index (κ3) is 6.32. The van der Waals surface area contributed by atoms with Crippen molar-refractivity contribution in [3.63, 3.8) is 0 Å². The van der Waals surface area contributed by atoms with E-state index in [9.17, 15) is 19.8 Å². The molecule has 4 nitrogen and oxygen atoms in total. The summed E-state index contributed by atoms with van der Waals surface area (Å²) in [4.78, 5) is 22.6. The van der Waals surface area contributed by atoms with Gasteiger partial charge < -0.3 is 10.2 Å². The highest BCUT2D eigenvalue weighted by atomic mass is 16.4. The number of hydrogen-bond donors (Lipinski definition) is 2. The van der Waals surface area contributed by atoms with Gasteiger partial charge in [-0.2, -0.15) is 0 Å². The largest absolute Gasteiger partial charge is 0.481 e. The lowest BCUT2D eigenvalue weighted by molar-refractivity contribution is -0.147. The van der Waals surface area contributed by atoms with Crippen LogP contribution in [0.15, 0.2) is 12.1 Å². The zero-order chi connectivity index (χ0) is 21.7. The molecule has 0 aliphatic heterocycles. The third-order valence-corrected chi connectivity index (χ3v) is 6.93. The molecule has 29 heavy (non-hydrogen) atoms. The Kier molecular flexibility index (Phi) is 7.90. The average Bonchev–Trinajstić information content (AvgIpc) is 3.44. The van der Waals surface area contributed by atoms with Gasteiger partial charge in [0.1, 0.15) is 0 Å². The quantitative estimate of drug-likeness (QED) is 0.391. The van der Waals surface area contributed by atoms with Crippen molar-refractivity contribution in [1.29, 1.82) is 0 Å². The van der Waals surface area contributed by atoms with Crippen LogP contribution < -0.4 is 0 Å². The maximum Gasteiger partial charge on any atom is 0.309 e. The van der Waals surface area contributed by atoms with E-state index in [4.69, 9.17) is 0 Å². The Morgan fingerprint density at radius 3 is 2.21 bits per heavy atom. The molecular weight excluding hydrogens is 364 g/mol. The molecule has 1 aliphatic carbocycles. The van der Waals surface area contributed by atoms with E-state index in [0.29, 0.717) is 6.42 Å². The molecule has 0 saturated heterocycles. The van der Waals surface area contributed by atoms with Crippen LogP contribution in [0.2, 0.25) is 0 Å². The van der Waals surface area contributed by atoms with Crippen molar-refractivity contribution in [3.05, 3.63) is 34.4 Å².